The van der Waals surface area contributed by atoms with Crippen molar-refractivity contribution in [2.24, 2.45) is 5.41 Å². The van der Waals surface area contributed by atoms with Gasteiger partial charge < -0.3 is 14.4 Å². The minimum absolute atomic E-state index is 0.162. The Morgan fingerprint density at radius 1 is 1.37 bits per heavy atom. The lowest BCUT2D eigenvalue weighted by molar-refractivity contribution is -0.186. The van der Waals surface area contributed by atoms with Crippen molar-refractivity contribution in [1.29, 1.82) is 0 Å². The molecule has 0 saturated carbocycles. The summed E-state index contributed by atoms with van der Waals surface area (Å²) in [5.41, 5.74) is 0.853. The number of nitrogens with zero attached hydrogens (tertiary/aromatic N) is 1. The average Bonchev–Trinajstić information content (AvgIpc) is 2.41. The average molecular weight is 263 g/mol. The van der Waals surface area contributed by atoms with Crippen molar-refractivity contribution in [3.05, 3.63) is 35.9 Å². The van der Waals surface area contributed by atoms with E-state index in [1.54, 1.807) is 0 Å². The van der Waals surface area contributed by atoms with Crippen LogP contribution in [0.2, 0.25) is 0 Å². The molecule has 1 saturated heterocycles. The van der Waals surface area contributed by atoms with Crippen molar-refractivity contribution < 1.29 is 14.3 Å². The van der Waals surface area contributed by atoms with Gasteiger partial charge in [-0.05, 0) is 19.0 Å². The first-order valence-electron chi connectivity index (χ1n) is 6.55. The number of benzene rings is 1. The van der Waals surface area contributed by atoms with Crippen LogP contribution >= 0.6 is 0 Å². The van der Waals surface area contributed by atoms with Gasteiger partial charge in [-0.15, -0.1) is 0 Å². The Morgan fingerprint density at radius 2 is 2.05 bits per heavy atom. The Labute approximate surface area is 114 Å². The van der Waals surface area contributed by atoms with Gasteiger partial charge in [0.25, 0.3) is 0 Å². The number of likely N-dealkylation sites (N-methyl/N-ethyl adjacent to an activating group) is 1. The van der Waals surface area contributed by atoms with Crippen LogP contribution in [0.15, 0.2) is 30.3 Å². The van der Waals surface area contributed by atoms with Gasteiger partial charge in [-0.1, -0.05) is 30.3 Å². The highest BCUT2D eigenvalue weighted by molar-refractivity contribution is 5.78. The summed E-state index contributed by atoms with van der Waals surface area (Å²) in [6.45, 7) is 2.54. The molecule has 0 atom stereocenters. The molecule has 1 aliphatic heterocycles. The standard InChI is InChI=1S/C15H21NO3/c1-16(9-8-13-6-4-3-5-7-13)10-15(11-19-12-15)14(17)18-2/h3-7H,8-12H2,1-2H3. The van der Waals surface area contributed by atoms with E-state index in [1.807, 2.05) is 25.2 Å². The number of rotatable bonds is 6. The number of carbonyl (C=O) groups excluding carboxylic acids is 1. The van der Waals surface area contributed by atoms with Gasteiger partial charge in [0.05, 0.1) is 20.3 Å². The number of carbonyl (C=O) groups is 1. The molecule has 1 aliphatic rings. The first kappa shape index (κ1) is 14.0. The van der Waals surface area contributed by atoms with Crippen LogP contribution in [0.1, 0.15) is 5.56 Å². The molecule has 1 aromatic carbocycles. The lowest BCUT2D eigenvalue weighted by atomic mass is 9.85. The lowest BCUT2D eigenvalue weighted by Gasteiger charge is -2.41. The summed E-state index contributed by atoms with van der Waals surface area (Å²) in [5, 5.41) is 0. The highest BCUT2D eigenvalue weighted by Gasteiger charge is 2.47. The Hall–Kier alpha value is -1.39. The molecule has 1 fully saturated rings. The van der Waals surface area contributed by atoms with Crippen LogP contribution < -0.4 is 0 Å². The fourth-order valence-corrected chi connectivity index (χ4v) is 2.40. The zero-order valence-electron chi connectivity index (χ0n) is 11.6. The van der Waals surface area contributed by atoms with E-state index in [-0.39, 0.29) is 5.97 Å². The summed E-state index contributed by atoms with van der Waals surface area (Å²) in [6.07, 6.45) is 0.982. The third kappa shape index (κ3) is 3.33. The van der Waals surface area contributed by atoms with Gasteiger partial charge in [-0.2, -0.15) is 0 Å². The van der Waals surface area contributed by atoms with Crippen LogP contribution in [0.4, 0.5) is 0 Å². The fourth-order valence-electron chi connectivity index (χ4n) is 2.40. The van der Waals surface area contributed by atoms with Gasteiger partial charge >= 0.3 is 5.97 Å². The Bertz CT molecular complexity index is 415. The topological polar surface area (TPSA) is 38.8 Å². The van der Waals surface area contributed by atoms with E-state index in [0.717, 1.165) is 13.0 Å². The summed E-state index contributed by atoms with van der Waals surface area (Å²) in [6, 6.07) is 10.4. The van der Waals surface area contributed by atoms with Crippen molar-refractivity contribution in [1.82, 2.24) is 4.90 Å². The first-order valence-corrected chi connectivity index (χ1v) is 6.55. The van der Waals surface area contributed by atoms with E-state index in [0.29, 0.717) is 19.8 Å². The second-order valence-corrected chi connectivity index (χ2v) is 5.24. The molecule has 0 amide bonds. The van der Waals surface area contributed by atoms with Crippen molar-refractivity contribution in [3.63, 3.8) is 0 Å². The fraction of sp³-hybridized carbons (Fsp3) is 0.533. The Kier molecular flexibility index (Phi) is 4.56. The maximum Gasteiger partial charge on any atom is 0.317 e. The third-order valence-electron chi connectivity index (χ3n) is 3.57. The summed E-state index contributed by atoms with van der Waals surface area (Å²) in [7, 11) is 3.47. The van der Waals surface area contributed by atoms with Crippen LogP contribution in [0, 0.1) is 5.41 Å². The van der Waals surface area contributed by atoms with E-state index in [4.69, 9.17) is 9.47 Å². The van der Waals surface area contributed by atoms with Crippen LogP contribution in [0.3, 0.4) is 0 Å². The van der Waals surface area contributed by atoms with Crippen LogP contribution in [0.5, 0.6) is 0 Å². The minimum Gasteiger partial charge on any atom is -0.468 e. The number of esters is 1. The van der Waals surface area contributed by atoms with E-state index in [9.17, 15) is 4.79 Å². The van der Waals surface area contributed by atoms with E-state index >= 15 is 0 Å². The predicted molar refractivity (Wildman–Crippen MR) is 72.9 cm³/mol. The molecule has 0 unspecified atom stereocenters. The molecule has 104 valence electrons. The minimum atomic E-state index is -0.458. The van der Waals surface area contributed by atoms with Gasteiger partial charge in [0.15, 0.2) is 0 Å². The molecular weight excluding hydrogens is 242 g/mol. The highest BCUT2D eigenvalue weighted by atomic mass is 16.5. The SMILES string of the molecule is COC(=O)C1(CN(C)CCc2ccccc2)COC1. The molecule has 0 radical (unpaired) electrons. The summed E-state index contributed by atoms with van der Waals surface area (Å²) < 4.78 is 10.1. The number of hydrogen-bond donors (Lipinski definition) is 0. The van der Waals surface area contributed by atoms with E-state index < -0.39 is 5.41 Å². The van der Waals surface area contributed by atoms with Gasteiger partial charge in [-0.3, -0.25) is 4.79 Å². The second kappa shape index (κ2) is 6.17. The van der Waals surface area contributed by atoms with Gasteiger partial charge in [-0.25, -0.2) is 0 Å². The van der Waals surface area contributed by atoms with Crippen molar-refractivity contribution in [2.45, 2.75) is 6.42 Å². The molecule has 0 spiro atoms. The second-order valence-electron chi connectivity index (χ2n) is 5.24. The molecule has 0 aromatic heterocycles. The van der Waals surface area contributed by atoms with Crippen molar-refractivity contribution in [2.75, 3.05) is 40.5 Å². The molecule has 2 rings (SSSR count). The zero-order chi connectivity index (χ0) is 13.7. The smallest absolute Gasteiger partial charge is 0.317 e. The maximum absolute atomic E-state index is 11.8. The highest BCUT2D eigenvalue weighted by Crippen LogP contribution is 2.29. The lowest BCUT2D eigenvalue weighted by Crippen LogP contribution is -2.56. The molecular formula is C15H21NO3. The van der Waals surface area contributed by atoms with Gasteiger partial charge in [0.1, 0.15) is 5.41 Å². The van der Waals surface area contributed by atoms with Crippen LogP contribution in [0.25, 0.3) is 0 Å². The predicted octanol–water partition coefficient (Wildman–Crippen LogP) is 1.35. The van der Waals surface area contributed by atoms with Crippen molar-refractivity contribution in [3.8, 4) is 0 Å². The van der Waals surface area contributed by atoms with E-state index in [1.165, 1.54) is 12.7 Å². The summed E-state index contributed by atoms with van der Waals surface area (Å²) in [5.74, 6) is -0.162. The monoisotopic (exact) mass is 263 g/mol. The van der Waals surface area contributed by atoms with Gasteiger partial charge in [0.2, 0.25) is 0 Å². The van der Waals surface area contributed by atoms with Crippen LogP contribution in [-0.2, 0) is 20.7 Å². The molecule has 0 bridgehead atoms. The first-order chi connectivity index (χ1) is 9.16. The Balaban J connectivity index is 1.83. The van der Waals surface area contributed by atoms with Crippen molar-refractivity contribution >= 4 is 5.97 Å². The maximum atomic E-state index is 11.8. The molecule has 0 N–H and O–H groups in total. The zero-order valence-corrected chi connectivity index (χ0v) is 11.6. The van der Waals surface area contributed by atoms with E-state index in [2.05, 4.69) is 17.0 Å². The number of hydrogen-bond acceptors (Lipinski definition) is 4. The van der Waals surface area contributed by atoms with Gasteiger partial charge in [0, 0.05) is 13.1 Å². The van der Waals surface area contributed by atoms with Crippen LogP contribution in [-0.4, -0.2) is 51.3 Å². The quantitative estimate of drug-likeness (QED) is 0.726. The molecule has 0 aliphatic carbocycles. The Morgan fingerprint density at radius 3 is 2.58 bits per heavy atom. The third-order valence-corrected chi connectivity index (χ3v) is 3.57. The molecule has 4 nitrogen and oxygen atoms in total. The molecule has 19 heavy (non-hydrogen) atoms. The molecule has 4 heteroatoms. The summed E-state index contributed by atoms with van der Waals surface area (Å²) in [4.78, 5) is 14.0. The molecule has 1 heterocycles. The normalized spacial score (nSPS) is 17.0. The largest absolute Gasteiger partial charge is 0.468 e. The number of ether oxygens (including phenoxy) is 2. The molecule has 1 aromatic rings. The number of methoxy groups -OCH3 is 1. The summed E-state index contributed by atoms with van der Waals surface area (Å²) >= 11 is 0.